The smallest absolute Gasteiger partial charge is 0.264 e. The van der Waals surface area contributed by atoms with E-state index < -0.39 is 6.43 Å². The second-order valence-corrected chi connectivity index (χ2v) is 28.7. The van der Waals surface area contributed by atoms with Crippen LogP contribution in [-0.4, -0.2) is 60.2 Å². The zero-order chi connectivity index (χ0) is 64.0. The first-order chi connectivity index (χ1) is 40.6. The Morgan fingerprint density at radius 1 is 0.506 bits per heavy atom. The van der Waals surface area contributed by atoms with Crippen LogP contribution in [0.1, 0.15) is 173 Å². The van der Waals surface area contributed by atoms with E-state index in [2.05, 4.69) is 234 Å². The van der Waals surface area contributed by atoms with Crippen LogP contribution in [0.2, 0.25) is 0 Å². The molecule has 0 saturated carbocycles. The summed E-state index contributed by atoms with van der Waals surface area (Å²) in [6, 6.07) is 40.0. The molecule has 5 aromatic carbocycles. The molecule has 0 aliphatic carbocycles. The normalized spacial score (nSPS) is 13.5. The number of hydrogen-bond donors (Lipinski definition) is 0. The fourth-order valence-electron chi connectivity index (χ4n) is 11.9. The fourth-order valence-corrected chi connectivity index (χ4v) is 11.9. The lowest BCUT2D eigenvalue weighted by Gasteiger charge is -2.42. The molecule has 2 aliphatic heterocycles. The maximum atomic E-state index is 13.7. The molecule has 9 aromatic rings. The topological polar surface area (TPSA) is 68.7 Å². The van der Waals surface area contributed by atoms with E-state index in [1.54, 1.807) is 37.3 Å². The standard InChI is InChI=1S/C18H23F2N3.C18H20N2O.C17H23N3.C12H18.C11H16/c1-18(2,3)23-7-5-6-12-8-14(13-10-21-22(4)11-13)15(17(19)20)9-16(12)23;1-18(2,3)16-6-5-7-17-19-15(12-20(16)17)13-8-10-14(21-4)11-9-13;1-17(2,3)20-9-5-6-14-10-13(7-8-16(14)20)15-11-18-19(4)12-15;1-9-6-7-10(2)11(8-9)12(3,4)5;1-9-7-5-6-8-10(9)11(2,3)4/h8-11,17H,5-7H2,1-4H3;5-12H,1-4H3;7-8,10-12H,5-6,9H2,1-4H3;6-8H,1-5H3;5-8H,1-4H3. The van der Waals surface area contributed by atoms with E-state index in [4.69, 9.17) is 9.72 Å². The highest BCUT2D eigenvalue weighted by atomic mass is 19.3. The number of rotatable bonds is 5. The number of imidazole rings is 1. The predicted molar refractivity (Wildman–Crippen MR) is 363 cm³/mol. The van der Waals surface area contributed by atoms with Crippen LogP contribution < -0.4 is 14.5 Å². The summed E-state index contributed by atoms with van der Waals surface area (Å²) < 4.78 is 38.2. The third-order valence-corrected chi connectivity index (χ3v) is 16.3. The van der Waals surface area contributed by atoms with Gasteiger partial charge in [-0.05, 0) is 204 Å². The molecule has 0 amide bonds. The second-order valence-electron chi connectivity index (χ2n) is 28.7. The van der Waals surface area contributed by atoms with Crippen molar-refractivity contribution in [3.8, 4) is 39.3 Å². The highest BCUT2D eigenvalue weighted by Gasteiger charge is 2.30. The first-order valence-electron chi connectivity index (χ1n) is 31.0. The molecule has 2 aliphatic rings. The summed E-state index contributed by atoms with van der Waals surface area (Å²) >= 11 is 0. The van der Waals surface area contributed by atoms with E-state index in [0.717, 1.165) is 65.4 Å². The molecule has 464 valence electrons. The Balaban J connectivity index is 0.000000160. The van der Waals surface area contributed by atoms with Crippen molar-refractivity contribution >= 4 is 17.0 Å². The average molecular weight is 1180 g/mol. The van der Waals surface area contributed by atoms with Gasteiger partial charge in [-0.3, -0.25) is 9.36 Å². The Bertz CT molecular complexity index is 3720. The summed E-state index contributed by atoms with van der Waals surface area (Å²) in [7, 11) is 5.43. The molecule has 0 spiro atoms. The number of fused-ring (bicyclic) bond motifs is 3. The molecule has 0 atom stereocenters. The number of ether oxygens (including phenoxy) is 1. The van der Waals surface area contributed by atoms with Crippen molar-refractivity contribution in [2.24, 2.45) is 14.1 Å². The maximum absolute atomic E-state index is 13.7. The van der Waals surface area contributed by atoms with E-state index in [-0.39, 0.29) is 32.9 Å². The summed E-state index contributed by atoms with van der Waals surface area (Å²) in [6.45, 7) is 42.0. The monoisotopic (exact) mass is 1180 g/mol. The van der Waals surface area contributed by atoms with Gasteiger partial charge in [-0.15, -0.1) is 0 Å². The van der Waals surface area contributed by atoms with E-state index in [1.165, 1.54) is 68.7 Å². The van der Waals surface area contributed by atoms with Gasteiger partial charge < -0.3 is 18.9 Å². The van der Waals surface area contributed by atoms with Gasteiger partial charge in [-0.1, -0.05) is 122 Å². The quantitative estimate of drug-likeness (QED) is 0.171. The highest BCUT2D eigenvalue weighted by Crippen LogP contribution is 2.41. The van der Waals surface area contributed by atoms with E-state index in [1.807, 2.05) is 54.3 Å². The van der Waals surface area contributed by atoms with Crippen molar-refractivity contribution in [2.45, 2.75) is 184 Å². The average Bonchev–Trinajstić information content (AvgIpc) is 1.82. The zero-order valence-corrected chi connectivity index (χ0v) is 56.4. The van der Waals surface area contributed by atoms with Gasteiger partial charge in [0.05, 0.1) is 25.2 Å². The summed E-state index contributed by atoms with van der Waals surface area (Å²) in [5.74, 6) is 0.859. The first-order valence-corrected chi connectivity index (χ1v) is 31.0. The molecule has 11 rings (SSSR count). The molecule has 0 saturated heterocycles. The summed E-state index contributed by atoms with van der Waals surface area (Å²) in [5.41, 5.74) is 21.0. The van der Waals surface area contributed by atoms with Gasteiger partial charge >= 0.3 is 0 Å². The molecule has 11 heteroatoms. The summed E-state index contributed by atoms with van der Waals surface area (Å²) in [5, 5.41) is 8.39. The number of benzene rings is 5. The molecular weight excluding hydrogens is 1080 g/mol. The highest BCUT2D eigenvalue weighted by molar-refractivity contribution is 5.74. The zero-order valence-electron chi connectivity index (χ0n) is 56.4. The van der Waals surface area contributed by atoms with Crippen LogP contribution in [-0.2, 0) is 43.2 Å². The first kappa shape index (κ1) is 67.0. The third-order valence-electron chi connectivity index (χ3n) is 16.3. The van der Waals surface area contributed by atoms with E-state index >= 15 is 0 Å². The number of nitrogens with zero attached hydrogens (tertiary/aromatic N) is 8. The lowest BCUT2D eigenvalue weighted by Crippen LogP contribution is -2.44. The van der Waals surface area contributed by atoms with Crippen LogP contribution in [0.25, 0.3) is 39.2 Å². The minimum atomic E-state index is -2.50. The van der Waals surface area contributed by atoms with E-state index in [0.29, 0.717) is 5.56 Å². The number of pyridine rings is 1. The van der Waals surface area contributed by atoms with Crippen molar-refractivity contribution in [2.75, 3.05) is 30.0 Å². The molecule has 0 N–H and O–H groups in total. The van der Waals surface area contributed by atoms with Crippen LogP contribution in [0.5, 0.6) is 5.75 Å². The minimum absolute atomic E-state index is 0.0790. The minimum Gasteiger partial charge on any atom is -0.497 e. The number of methoxy groups -OCH3 is 1. The van der Waals surface area contributed by atoms with Gasteiger partial charge in [0.15, 0.2) is 0 Å². The van der Waals surface area contributed by atoms with Gasteiger partial charge in [0.25, 0.3) is 6.43 Å². The Labute approximate surface area is 520 Å². The van der Waals surface area contributed by atoms with Crippen LogP contribution in [0.3, 0.4) is 0 Å². The SMILES string of the molecule is COc1ccc(-c2cn3c(C(C)(C)C)cccc3n2)cc1.Cc1ccc(C)c(C(C)(C)C)c1.Cc1ccccc1C(C)(C)C.Cn1cc(-c2cc3c(cc2C(F)F)N(C(C)(C)C)CCC3)cn1.Cn1cc(-c2ccc3c(c2)CCCN3C(C)(C)C)cn1. The molecule has 0 bridgehead atoms. The van der Waals surface area contributed by atoms with Crippen molar-refractivity contribution in [1.82, 2.24) is 28.9 Å². The van der Waals surface area contributed by atoms with Gasteiger partial charge in [0.2, 0.25) is 0 Å². The summed E-state index contributed by atoms with van der Waals surface area (Å²) in [6.07, 6.45) is 11.4. The molecule has 0 unspecified atom stereocenters. The van der Waals surface area contributed by atoms with Crippen LogP contribution in [0.4, 0.5) is 20.2 Å². The van der Waals surface area contributed by atoms with E-state index in [9.17, 15) is 8.78 Å². The van der Waals surface area contributed by atoms with Crippen molar-refractivity contribution in [3.63, 3.8) is 0 Å². The number of aromatic nitrogens is 6. The molecule has 87 heavy (non-hydrogen) atoms. The molecule has 4 aromatic heterocycles. The summed E-state index contributed by atoms with van der Waals surface area (Å²) in [4.78, 5) is 9.50. The predicted octanol–water partition coefficient (Wildman–Crippen LogP) is 19.4. The van der Waals surface area contributed by atoms with Gasteiger partial charge in [-0.2, -0.15) is 10.2 Å². The lowest BCUT2D eigenvalue weighted by atomic mass is 9.83. The second kappa shape index (κ2) is 27.2. The Kier molecular flexibility index (Phi) is 21.0. The van der Waals surface area contributed by atoms with Crippen LogP contribution in [0, 0.1) is 20.8 Å². The molecule has 0 fully saturated rings. The molecular formula is C76H100F2N8O. The third kappa shape index (κ3) is 17.2. The Morgan fingerprint density at radius 3 is 1.56 bits per heavy atom. The molecule has 6 heterocycles. The lowest BCUT2D eigenvalue weighted by molar-refractivity contribution is 0.152. The van der Waals surface area contributed by atoms with Crippen molar-refractivity contribution < 1.29 is 13.5 Å². The number of halogens is 2. The maximum Gasteiger partial charge on any atom is 0.264 e. The van der Waals surface area contributed by atoms with Crippen molar-refractivity contribution in [3.05, 3.63) is 196 Å². The fraction of sp³-hybridized carbons (Fsp3) is 0.434. The molecule has 9 nitrogen and oxygen atoms in total. The van der Waals surface area contributed by atoms with Crippen molar-refractivity contribution in [1.29, 1.82) is 0 Å². The van der Waals surface area contributed by atoms with Crippen LogP contribution in [0.15, 0.2) is 146 Å². The number of aryl methyl sites for hydroxylation is 7. The van der Waals surface area contributed by atoms with Crippen LogP contribution >= 0.6 is 0 Å². The number of alkyl halides is 2. The Morgan fingerprint density at radius 2 is 1.06 bits per heavy atom. The number of hydrogen-bond acceptors (Lipinski definition) is 6. The number of anilines is 2. The van der Waals surface area contributed by atoms with Gasteiger partial charge in [-0.25, -0.2) is 13.8 Å². The Hall–Kier alpha value is -7.53. The van der Waals surface area contributed by atoms with Gasteiger partial charge in [0, 0.05) is 102 Å². The molecule has 0 radical (unpaired) electrons. The largest absolute Gasteiger partial charge is 0.497 e. The van der Waals surface area contributed by atoms with Gasteiger partial charge in [0.1, 0.15) is 11.4 Å².